The number of carbonyl (C=O) groups is 1. The summed E-state index contributed by atoms with van der Waals surface area (Å²) in [4.78, 5) is 20.0. The summed E-state index contributed by atoms with van der Waals surface area (Å²) in [5.41, 5.74) is 2.48. The first-order valence-corrected chi connectivity index (χ1v) is 10.3. The molecule has 140 valence electrons. The highest BCUT2D eigenvalue weighted by Crippen LogP contribution is 2.27. The first kappa shape index (κ1) is 17.7. The predicted molar refractivity (Wildman–Crippen MR) is 99.9 cm³/mol. The Hall–Kier alpha value is -2.71. The van der Waals surface area contributed by atoms with E-state index in [2.05, 4.69) is 9.97 Å². The van der Waals surface area contributed by atoms with Crippen molar-refractivity contribution in [3.8, 4) is 11.4 Å². The molecular weight excluding hydrogens is 366 g/mol. The molecule has 0 radical (unpaired) electrons. The van der Waals surface area contributed by atoms with E-state index in [0.717, 1.165) is 16.6 Å². The number of benzene rings is 2. The van der Waals surface area contributed by atoms with Crippen LogP contribution >= 0.6 is 0 Å². The average Bonchev–Trinajstić information content (AvgIpc) is 3.03. The van der Waals surface area contributed by atoms with Crippen LogP contribution in [0, 0.1) is 0 Å². The maximum absolute atomic E-state index is 12.9. The van der Waals surface area contributed by atoms with Gasteiger partial charge in [-0.2, -0.15) is 0 Å². The van der Waals surface area contributed by atoms with Gasteiger partial charge in [-0.25, -0.2) is 18.5 Å². The van der Waals surface area contributed by atoms with Crippen LogP contribution in [0.15, 0.2) is 53.4 Å². The van der Waals surface area contributed by atoms with E-state index < -0.39 is 21.0 Å². The standard InChI is InChI=1S/C19H19N3O4S/c23-19-17(7-3-4-12-22(19)24)27(25,26)14-10-8-13(9-11-14)18-20-15-5-1-2-6-16(15)21-18/h1-2,5-6,8-11,17,24H,3-4,7,12H2,(H,20,21). The van der Waals surface area contributed by atoms with Crippen LogP contribution in [-0.4, -0.2) is 46.4 Å². The number of rotatable bonds is 3. The molecule has 7 nitrogen and oxygen atoms in total. The van der Waals surface area contributed by atoms with Gasteiger partial charge in [-0.3, -0.25) is 10.0 Å². The van der Waals surface area contributed by atoms with Crippen LogP contribution in [0.3, 0.4) is 0 Å². The zero-order valence-corrected chi connectivity index (χ0v) is 15.3. The summed E-state index contributed by atoms with van der Waals surface area (Å²) >= 11 is 0. The second kappa shape index (κ2) is 6.79. The van der Waals surface area contributed by atoms with Gasteiger partial charge < -0.3 is 4.98 Å². The van der Waals surface area contributed by atoms with E-state index in [-0.39, 0.29) is 17.9 Å². The van der Waals surface area contributed by atoms with E-state index in [0.29, 0.717) is 23.7 Å². The van der Waals surface area contributed by atoms with Crippen LogP contribution in [0.1, 0.15) is 19.3 Å². The fraction of sp³-hybridized carbons (Fsp3) is 0.263. The summed E-state index contributed by atoms with van der Waals surface area (Å²) in [6.07, 6.45) is 1.37. The van der Waals surface area contributed by atoms with E-state index in [1.165, 1.54) is 12.1 Å². The smallest absolute Gasteiger partial charge is 0.264 e. The SMILES string of the molecule is O=C1C(S(=O)(=O)c2ccc(-c3nc4ccccc4[nH]3)cc2)CCCCN1O. The molecule has 2 N–H and O–H groups in total. The molecule has 0 bridgehead atoms. The number of carbonyl (C=O) groups excluding carboxylic acids is 1. The van der Waals surface area contributed by atoms with Gasteiger partial charge in [0.15, 0.2) is 9.84 Å². The maximum atomic E-state index is 12.9. The Morgan fingerprint density at radius 3 is 2.56 bits per heavy atom. The Morgan fingerprint density at radius 2 is 1.81 bits per heavy atom. The summed E-state index contributed by atoms with van der Waals surface area (Å²) in [6, 6.07) is 13.9. The van der Waals surface area contributed by atoms with Gasteiger partial charge in [-0.1, -0.05) is 12.1 Å². The van der Waals surface area contributed by atoms with Crippen LogP contribution in [0.2, 0.25) is 0 Å². The van der Waals surface area contributed by atoms with Crippen molar-refractivity contribution in [2.45, 2.75) is 29.4 Å². The average molecular weight is 385 g/mol. The molecule has 0 saturated carbocycles. The molecule has 2 aromatic carbocycles. The number of hydrogen-bond donors (Lipinski definition) is 2. The molecular formula is C19H19N3O4S. The molecule has 1 aliphatic rings. The summed E-state index contributed by atoms with van der Waals surface area (Å²) in [5.74, 6) is -0.110. The molecule has 2 heterocycles. The van der Waals surface area contributed by atoms with Crippen LogP contribution in [0.5, 0.6) is 0 Å². The number of para-hydroxylation sites is 2. The van der Waals surface area contributed by atoms with Gasteiger partial charge in [-0.05, 0) is 55.7 Å². The van der Waals surface area contributed by atoms with E-state index in [9.17, 15) is 18.4 Å². The van der Waals surface area contributed by atoms with Gasteiger partial charge in [0, 0.05) is 12.1 Å². The summed E-state index contributed by atoms with van der Waals surface area (Å²) in [6.45, 7) is 0.163. The molecule has 8 heteroatoms. The quantitative estimate of drug-likeness (QED) is 0.675. The topological polar surface area (TPSA) is 103 Å². The van der Waals surface area contributed by atoms with Gasteiger partial charge in [0.05, 0.1) is 15.9 Å². The van der Waals surface area contributed by atoms with Crippen LogP contribution in [-0.2, 0) is 14.6 Å². The molecule has 0 spiro atoms. The van der Waals surface area contributed by atoms with E-state index in [4.69, 9.17) is 0 Å². The number of aromatic amines is 1. The van der Waals surface area contributed by atoms with Gasteiger partial charge in [0.25, 0.3) is 5.91 Å². The molecule has 0 aliphatic carbocycles. The monoisotopic (exact) mass is 385 g/mol. The third-order valence-electron chi connectivity index (χ3n) is 4.84. The van der Waals surface area contributed by atoms with Crippen molar-refractivity contribution in [2.75, 3.05) is 6.54 Å². The zero-order valence-electron chi connectivity index (χ0n) is 14.5. The molecule has 1 aromatic heterocycles. The number of aromatic nitrogens is 2. The molecule has 1 fully saturated rings. The molecule has 1 amide bonds. The van der Waals surface area contributed by atoms with E-state index in [1.807, 2.05) is 24.3 Å². The fourth-order valence-electron chi connectivity index (χ4n) is 3.34. The Labute approximate surface area is 156 Å². The minimum Gasteiger partial charge on any atom is -0.338 e. The number of hydrogen-bond acceptors (Lipinski definition) is 5. The first-order valence-electron chi connectivity index (χ1n) is 8.76. The lowest BCUT2D eigenvalue weighted by atomic mass is 10.2. The Kier molecular flexibility index (Phi) is 4.45. The van der Waals surface area contributed by atoms with Gasteiger partial charge in [-0.15, -0.1) is 0 Å². The van der Waals surface area contributed by atoms with Crippen LogP contribution < -0.4 is 0 Å². The summed E-state index contributed by atoms with van der Waals surface area (Å²) in [5, 5.41) is 8.98. The third-order valence-corrected chi connectivity index (χ3v) is 6.95. The van der Waals surface area contributed by atoms with Gasteiger partial charge in [0.1, 0.15) is 11.1 Å². The highest BCUT2D eigenvalue weighted by atomic mass is 32.2. The molecule has 1 unspecified atom stereocenters. The normalized spacial score (nSPS) is 18.6. The Morgan fingerprint density at radius 1 is 1.07 bits per heavy atom. The minimum atomic E-state index is -3.87. The lowest BCUT2D eigenvalue weighted by Crippen LogP contribution is -2.39. The van der Waals surface area contributed by atoms with Crippen molar-refractivity contribution in [2.24, 2.45) is 0 Å². The Balaban J connectivity index is 1.65. The highest BCUT2D eigenvalue weighted by molar-refractivity contribution is 7.92. The van der Waals surface area contributed by atoms with Gasteiger partial charge >= 0.3 is 0 Å². The fourth-order valence-corrected chi connectivity index (χ4v) is 5.04. The zero-order chi connectivity index (χ0) is 19.0. The van der Waals surface area contributed by atoms with Crippen molar-refractivity contribution in [3.05, 3.63) is 48.5 Å². The van der Waals surface area contributed by atoms with Crippen molar-refractivity contribution in [1.29, 1.82) is 0 Å². The minimum absolute atomic E-state index is 0.0658. The number of H-pyrrole nitrogens is 1. The number of fused-ring (bicyclic) bond motifs is 1. The first-order chi connectivity index (χ1) is 13.0. The third kappa shape index (κ3) is 3.22. The number of hydroxylamine groups is 2. The van der Waals surface area contributed by atoms with Crippen molar-refractivity contribution >= 4 is 26.8 Å². The predicted octanol–water partition coefficient (Wildman–Crippen LogP) is 2.77. The molecule has 1 saturated heterocycles. The second-order valence-corrected chi connectivity index (χ2v) is 8.75. The molecule has 1 atom stereocenters. The van der Waals surface area contributed by atoms with E-state index in [1.54, 1.807) is 12.1 Å². The van der Waals surface area contributed by atoms with E-state index >= 15 is 0 Å². The largest absolute Gasteiger partial charge is 0.338 e. The van der Waals surface area contributed by atoms with Crippen molar-refractivity contribution in [3.63, 3.8) is 0 Å². The number of nitrogens with zero attached hydrogens (tertiary/aromatic N) is 2. The maximum Gasteiger partial charge on any atom is 0.264 e. The molecule has 3 aromatic rings. The lowest BCUT2D eigenvalue weighted by Gasteiger charge is -2.18. The summed E-state index contributed by atoms with van der Waals surface area (Å²) < 4.78 is 25.8. The number of nitrogens with one attached hydrogen (secondary N) is 1. The van der Waals surface area contributed by atoms with Crippen molar-refractivity contribution < 1.29 is 18.4 Å². The number of amides is 1. The number of imidazole rings is 1. The highest BCUT2D eigenvalue weighted by Gasteiger charge is 2.37. The number of sulfone groups is 1. The van der Waals surface area contributed by atoms with Gasteiger partial charge in [0.2, 0.25) is 0 Å². The van der Waals surface area contributed by atoms with Crippen LogP contribution in [0.25, 0.3) is 22.4 Å². The van der Waals surface area contributed by atoms with Crippen LogP contribution in [0.4, 0.5) is 0 Å². The van der Waals surface area contributed by atoms with Crippen molar-refractivity contribution in [1.82, 2.24) is 15.0 Å². The Bertz CT molecular complexity index is 1060. The molecule has 27 heavy (non-hydrogen) atoms. The lowest BCUT2D eigenvalue weighted by molar-refractivity contribution is -0.163. The molecule has 4 rings (SSSR count). The second-order valence-electron chi connectivity index (χ2n) is 6.62. The molecule has 1 aliphatic heterocycles. The summed E-state index contributed by atoms with van der Waals surface area (Å²) in [7, 11) is -3.87.